The summed E-state index contributed by atoms with van der Waals surface area (Å²) in [5.41, 5.74) is 0. The molecule has 1 atom stereocenters. The molecule has 0 fully saturated rings. The van der Waals surface area contributed by atoms with E-state index in [9.17, 15) is 0 Å². The summed E-state index contributed by atoms with van der Waals surface area (Å²) in [6.07, 6.45) is 23.8. The molecule has 0 aromatic heterocycles. The van der Waals surface area contributed by atoms with Crippen molar-refractivity contribution in [1.29, 1.82) is 0 Å². The van der Waals surface area contributed by atoms with E-state index in [4.69, 9.17) is 0 Å². The minimum absolute atomic E-state index is 0.617. The van der Waals surface area contributed by atoms with Gasteiger partial charge in [-0.2, -0.15) is 0 Å². The molecule has 0 aliphatic carbocycles. The Balaban J connectivity index is 2.37. The van der Waals surface area contributed by atoms with Gasteiger partial charge in [0.25, 0.3) is 0 Å². The van der Waals surface area contributed by atoms with Gasteiger partial charge in [0.1, 0.15) is 0 Å². The quantitative estimate of drug-likeness (QED) is 0.165. The molecule has 0 aliphatic heterocycles. The molecule has 1 rings (SSSR count). The van der Waals surface area contributed by atoms with E-state index in [0.717, 1.165) is 6.42 Å². The van der Waals surface area contributed by atoms with Crippen LogP contribution in [-0.4, -0.2) is 6.16 Å². The molecule has 0 spiro atoms. The highest BCUT2D eigenvalue weighted by Gasteiger charge is 2.21. The maximum absolute atomic E-state index is 2.39. The summed E-state index contributed by atoms with van der Waals surface area (Å²) in [6.45, 7) is 6.73. The lowest BCUT2D eigenvalue weighted by atomic mass is 10.1. The van der Waals surface area contributed by atoms with Crippen LogP contribution < -0.4 is 5.30 Å². The topological polar surface area (TPSA) is 0 Å². The molecule has 0 radical (unpaired) electrons. The minimum Gasteiger partial charge on any atom is -0.0809 e. The Kier molecular flexibility index (Phi) is 14.5. The van der Waals surface area contributed by atoms with Gasteiger partial charge in [0.2, 0.25) is 0 Å². The lowest BCUT2D eigenvalue weighted by molar-refractivity contribution is 0.563. The Bertz CT molecular complexity index is 486. The van der Waals surface area contributed by atoms with E-state index in [2.05, 4.69) is 69.3 Å². The highest BCUT2D eigenvalue weighted by atomic mass is 31.1. The summed E-state index contributed by atoms with van der Waals surface area (Å²) in [5.74, 6) is 0. The van der Waals surface area contributed by atoms with E-state index in [-0.39, 0.29) is 0 Å². The summed E-state index contributed by atoms with van der Waals surface area (Å²) in [7, 11) is -0.617. The highest BCUT2D eigenvalue weighted by molar-refractivity contribution is 7.69. The molecular formula is C25H42P+. The molecule has 0 saturated carbocycles. The largest absolute Gasteiger partial charge is 0.0966 e. The molecule has 0 aliphatic rings. The lowest BCUT2D eigenvalue weighted by Gasteiger charge is -2.11. The van der Waals surface area contributed by atoms with Gasteiger partial charge < -0.3 is 0 Å². The number of hydrogen-bond acceptors (Lipinski definition) is 0. The molecule has 0 amide bonds. The molecule has 1 heteroatoms. The second-order valence-electron chi connectivity index (χ2n) is 7.33. The average molecular weight is 374 g/mol. The second-order valence-corrected chi connectivity index (χ2v) is 9.94. The molecule has 146 valence electrons. The predicted octanol–water partition coefficient (Wildman–Crippen LogP) is 8.32. The van der Waals surface area contributed by atoms with Gasteiger partial charge in [-0.05, 0) is 50.5 Å². The second kappa shape index (κ2) is 16.3. The number of allylic oxidation sites excluding steroid dienone is 4. The van der Waals surface area contributed by atoms with Crippen LogP contribution in [0, 0.1) is 0 Å². The number of rotatable bonds is 15. The van der Waals surface area contributed by atoms with Crippen molar-refractivity contribution in [2.24, 2.45) is 0 Å². The van der Waals surface area contributed by atoms with Crippen LogP contribution in [0.1, 0.15) is 91.4 Å². The number of unbranched alkanes of at least 4 members (excludes halogenated alkanes) is 9. The van der Waals surface area contributed by atoms with Crippen LogP contribution in [0.4, 0.5) is 0 Å². The normalized spacial score (nSPS) is 13.4. The predicted molar refractivity (Wildman–Crippen MR) is 124 cm³/mol. The zero-order valence-electron chi connectivity index (χ0n) is 17.6. The van der Waals surface area contributed by atoms with Crippen molar-refractivity contribution in [1.82, 2.24) is 0 Å². The fourth-order valence-corrected chi connectivity index (χ4v) is 6.28. The van der Waals surface area contributed by atoms with Gasteiger partial charge in [-0.15, -0.1) is 0 Å². The van der Waals surface area contributed by atoms with Crippen molar-refractivity contribution < 1.29 is 0 Å². The van der Waals surface area contributed by atoms with E-state index >= 15 is 0 Å². The Morgan fingerprint density at radius 2 is 1.38 bits per heavy atom. The van der Waals surface area contributed by atoms with Crippen molar-refractivity contribution >= 4 is 13.2 Å². The highest BCUT2D eigenvalue weighted by Crippen LogP contribution is 2.45. The summed E-state index contributed by atoms with van der Waals surface area (Å²) < 4.78 is 0. The Morgan fingerprint density at radius 3 is 1.92 bits per heavy atom. The van der Waals surface area contributed by atoms with Crippen molar-refractivity contribution in [3.63, 3.8) is 0 Å². The van der Waals surface area contributed by atoms with Crippen LogP contribution in [0.25, 0.3) is 0 Å². The smallest absolute Gasteiger partial charge is 0.0809 e. The Morgan fingerprint density at radius 1 is 0.808 bits per heavy atom. The zero-order valence-corrected chi connectivity index (χ0v) is 18.6. The first-order valence-corrected chi connectivity index (χ1v) is 12.8. The lowest BCUT2D eigenvalue weighted by Crippen LogP contribution is -2.04. The average Bonchev–Trinajstić information content (AvgIpc) is 2.68. The van der Waals surface area contributed by atoms with Gasteiger partial charge in [-0.1, -0.05) is 89.5 Å². The van der Waals surface area contributed by atoms with Crippen molar-refractivity contribution in [2.45, 2.75) is 91.4 Å². The first-order chi connectivity index (χ1) is 12.8. The van der Waals surface area contributed by atoms with Crippen LogP contribution in [-0.2, 0) is 0 Å². The molecule has 1 unspecified atom stereocenters. The standard InChI is InChI=1S/C25H41P/c1-4-7-9-10-11-12-13-14-15-19-23-26(24(6-3)20-8-5-2)25-21-17-16-18-22-25/h6,8,16-18,20-22H,4-5,7,9-15,19,23H2,1-3H3/p+1/b20-8-,24-6+. The van der Waals surface area contributed by atoms with Gasteiger partial charge in [0.05, 0.1) is 24.7 Å². The molecule has 1 aromatic carbocycles. The van der Waals surface area contributed by atoms with Crippen LogP contribution in [0.15, 0.2) is 53.9 Å². The first kappa shape index (κ1) is 23.2. The van der Waals surface area contributed by atoms with E-state index in [1.807, 2.05) is 0 Å². The van der Waals surface area contributed by atoms with Crippen molar-refractivity contribution in [3.8, 4) is 0 Å². The Hall–Kier alpha value is -0.870. The fourth-order valence-electron chi connectivity index (χ4n) is 3.50. The van der Waals surface area contributed by atoms with Gasteiger partial charge >= 0.3 is 0 Å². The number of benzene rings is 1. The molecule has 26 heavy (non-hydrogen) atoms. The van der Waals surface area contributed by atoms with Gasteiger partial charge in [-0.25, -0.2) is 0 Å². The maximum atomic E-state index is 2.39. The SMILES string of the molecule is C/C=C(\C=C/CC)[PH+](CCCCCCCCCCCC)c1ccccc1. The van der Waals surface area contributed by atoms with E-state index in [1.165, 1.54) is 70.4 Å². The minimum atomic E-state index is -0.617. The van der Waals surface area contributed by atoms with Gasteiger partial charge in [0.15, 0.2) is 0 Å². The molecule has 0 saturated heterocycles. The van der Waals surface area contributed by atoms with Crippen LogP contribution in [0.5, 0.6) is 0 Å². The van der Waals surface area contributed by atoms with E-state index in [1.54, 1.807) is 10.6 Å². The van der Waals surface area contributed by atoms with Gasteiger partial charge in [-0.3, -0.25) is 0 Å². The van der Waals surface area contributed by atoms with E-state index < -0.39 is 7.92 Å². The molecule has 0 heterocycles. The van der Waals surface area contributed by atoms with E-state index in [0.29, 0.717) is 0 Å². The summed E-state index contributed by atoms with van der Waals surface area (Å²) in [5, 5.41) is 3.15. The van der Waals surface area contributed by atoms with Crippen molar-refractivity contribution in [3.05, 3.63) is 53.9 Å². The summed E-state index contributed by atoms with van der Waals surface area (Å²) in [4.78, 5) is 0. The van der Waals surface area contributed by atoms with Crippen LogP contribution >= 0.6 is 7.92 Å². The monoisotopic (exact) mass is 373 g/mol. The number of hydrogen-bond donors (Lipinski definition) is 0. The Labute approximate surface area is 164 Å². The third kappa shape index (κ3) is 10.3. The third-order valence-electron chi connectivity index (χ3n) is 5.10. The first-order valence-electron chi connectivity index (χ1n) is 11.1. The van der Waals surface area contributed by atoms with Gasteiger partial charge in [0, 0.05) is 0 Å². The summed E-state index contributed by atoms with van der Waals surface area (Å²) in [6, 6.07) is 11.2. The third-order valence-corrected chi connectivity index (χ3v) is 8.13. The molecule has 0 N–H and O–H groups in total. The molecule has 0 bridgehead atoms. The van der Waals surface area contributed by atoms with Crippen molar-refractivity contribution in [2.75, 3.05) is 6.16 Å². The molecule has 0 nitrogen and oxygen atoms in total. The molecular weight excluding hydrogens is 331 g/mol. The zero-order chi connectivity index (χ0) is 18.9. The maximum Gasteiger partial charge on any atom is 0.0966 e. The fraction of sp³-hybridized carbons (Fsp3) is 0.600. The molecule has 1 aromatic rings. The summed E-state index contributed by atoms with van der Waals surface area (Å²) >= 11 is 0. The van der Waals surface area contributed by atoms with Crippen LogP contribution in [0.2, 0.25) is 0 Å². The van der Waals surface area contributed by atoms with Crippen LogP contribution in [0.3, 0.4) is 0 Å².